The minimum absolute atomic E-state index is 0.183. The van der Waals surface area contributed by atoms with Crippen LogP contribution < -0.4 is 16.6 Å². The topological polar surface area (TPSA) is 92.9 Å². The first kappa shape index (κ1) is 13.3. The third kappa shape index (κ3) is 3.40. The molecule has 0 unspecified atom stereocenters. The van der Waals surface area contributed by atoms with E-state index < -0.39 is 0 Å². The van der Waals surface area contributed by atoms with E-state index in [-0.39, 0.29) is 11.6 Å². The van der Waals surface area contributed by atoms with Crippen LogP contribution in [-0.2, 0) is 6.54 Å². The molecule has 0 bridgehead atoms. The van der Waals surface area contributed by atoms with E-state index in [0.29, 0.717) is 17.4 Å². The van der Waals surface area contributed by atoms with Crippen molar-refractivity contribution in [3.8, 4) is 0 Å². The summed E-state index contributed by atoms with van der Waals surface area (Å²) in [5, 5.41) is 3.32. The highest BCUT2D eigenvalue weighted by Crippen LogP contribution is 2.14. The molecule has 1 aromatic carbocycles. The highest BCUT2D eigenvalue weighted by molar-refractivity contribution is 6.31. The minimum Gasteiger partial charge on any atom is -0.347 e. The third-order valence-electron chi connectivity index (χ3n) is 2.41. The van der Waals surface area contributed by atoms with Gasteiger partial charge >= 0.3 is 0 Å². The van der Waals surface area contributed by atoms with Gasteiger partial charge in [0.2, 0.25) is 0 Å². The second-order valence-corrected chi connectivity index (χ2v) is 4.12. The number of rotatable bonds is 4. The number of benzene rings is 1. The number of hydrazine groups is 1. The molecule has 0 saturated heterocycles. The Morgan fingerprint density at radius 2 is 2.11 bits per heavy atom. The monoisotopic (exact) mass is 277 g/mol. The maximum atomic E-state index is 11.9. The van der Waals surface area contributed by atoms with Gasteiger partial charge in [0.25, 0.3) is 5.91 Å². The Morgan fingerprint density at radius 3 is 2.84 bits per heavy atom. The molecular weight excluding hydrogens is 266 g/mol. The van der Waals surface area contributed by atoms with Crippen molar-refractivity contribution in [2.75, 3.05) is 5.43 Å². The number of nitrogens with zero attached hydrogens (tertiary/aromatic N) is 2. The van der Waals surface area contributed by atoms with Gasteiger partial charge in [-0.05, 0) is 11.6 Å². The number of aromatic nitrogens is 2. The smallest absolute Gasteiger partial charge is 0.271 e. The van der Waals surface area contributed by atoms with Crippen molar-refractivity contribution >= 4 is 23.3 Å². The lowest BCUT2D eigenvalue weighted by molar-refractivity contribution is 0.0945. The van der Waals surface area contributed by atoms with E-state index in [0.717, 1.165) is 5.56 Å². The minimum atomic E-state index is -0.343. The van der Waals surface area contributed by atoms with Crippen LogP contribution in [-0.4, -0.2) is 15.9 Å². The van der Waals surface area contributed by atoms with Crippen LogP contribution in [0.4, 0.5) is 5.82 Å². The summed E-state index contributed by atoms with van der Waals surface area (Å²) >= 11 is 6.00. The van der Waals surface area contributed by atoms with Gasteiger partial charge in [-0.25, -0.2) is 10.8 Å². The standard InChI is InChI=1S/C12H12ClN5O/c13-9-4-2-1-3-8(9)5-16-12(19)10-6-15-7-11(17-10)18-14/h1-4,6-7H,5,14H2,(H,16,19)(H,17,18). The van der Waals surface area contributed by atoms with Gasteiger partial charge in [-0.15, -0.1) is 0 Å². The fourth-order valence-corrected chi connectivity index (χ4v) is 1.66. The van der Waals surface area contributed by atoms with Gasteiger partial charge in [-0.2, -0.15) is 0 Å². The molecule has 0 aliphatic carbocycles. The van der Waals surface area contributed by atoms with E-state index in [1.807, 2.05) is 18.2 Å². The number of hydrogen-bond acceptors (Lipinski definition) is 5. The van der Waals surface area contributed by atoms with Crippen LogP contribution in [0.5, 0.6) is 0 Å². The summed E-state index contributed by atoms with van der Waals surface area (Å²) in [7, 11) is 0. The Morgan fingerprint density at radius 1 is 1.32 bits per heavy atom. The molecule has 6 nitrogen and oxygen atoms in total. The summed E-state index contributed by atoms with van der Waals surface area (Å²) in [6.07, 6.45) is 2.79. The summed E-state index contributed by atoms with van der Waals surface area (Å²) < 4.78 is 0. The van der Waals surface area contributed by atoms with E-state index in [2.05, 4.69) is 20.7 Å². The average molecular weight is 278 g/mol. The Hall–Kier alpha value is -2.18. The highest BCUT2D eigenvalue weighted by atomic mass is 35.5. The number of anilines is 1. The molecule has 19 heavy (non-hydrogen) atoms. The van der Waals surface area contributed by atoms with Crippen molar-refractivity contribution in [2.45, 2.75) is 6.54 Å². The maximum Gasteiger partial charge on any atom is 0.271 e. The first-order valence-electron chi connectivity index (χ1n) is 5.51. The summed E-state index contributed by atoms with van der Waals surface area (Å²) in [6.45, 7) is 0.320. The molecule has 0 fully saturated rings. The first-order valence-corrected chi connectivity index (χ1v) is 5.89. The van der Waals surface area contributed by atoms with Crippen LogP contribution in [0, 0.1) is 0 Å². The summed E-state index contributed by atoms with van der Waals surface area (Å²) in [4.78, 5) is 19.7. The fraction of sp³-hybridized carbons (Fsp3) is 0.0833. The zero-order valence-corrected chi connectivity index (χ0v) is 10.7. The van der Waals surface area contributed by atoms with Crippen LogP contribution in [0.2, 0.25) is 5.02 Å². The van der Waals surface area contributed by atoms with Crippen molar-refractivity contribution in [2.24, 2.45) is 5.84 Å². The molecule has 0 aliphatic heterocycles. The molecule has 7 heteroatoms. The largest absolute Gasteiger partial charge is 0.347 e. The highest BCUT2D eigenvalue weighted by Gasteiger charge is 2.09. The Kier molecular flexibility index (Phi) is 4.27. The molecule has 0 atom stereocenters. The molecule has 0 aliphatic rings. The maximum absolute atomic E-state index is 11.9. The molecule has 4 N–H and O–H groups in total. The molecule has 0 spiro atoms. The summed E-state index contributed by atoms with van der Waals surface area (Å²) in [6, 6.07) is 7.29. The zero-order valence-electron chi connectivity index (χ0n) is 9.93. The number of amides is 1. The lowest BCUT2D eigenvalue weighted by Crippen LogP contribution is -2.24. The quantitative estimate of drug-likeness (QED) is 0.579. The zero-order chi connectivity index (χ0) is 13.7. The van der Waals surface area contributed by atoms with Crippen LogP contribution >= 0.6 is 11.6 Å². The lowest BCUT2D eigenvalue weighted by atomic mass is 10.2. The number of nitrogens with two attached hydrogens (primary N) is 1. The molecule has 1 aromatic heterocycles. The molecule has 1 heterocycles. The van der Waals surface area contributed by atoms with Gasteiger partial charge in [0, 0.05) is 11.6 Å². The average Bonchev–Trinajstić information content (AvgIpc) is 2.46. The fourth-order valence-electron chi connectivity index (χ4n) is 1.45. The van der Waals surface area contributed by atoms with Gasteiger partial charge in [0.05, 0.1) is 12.4 Å². The predicted octanol–water partition coefficient (Wildman–Crippen LogP) is 1.35. The van der Waals surface area contributed by atoms with Gasteiger partial charge in [0.15, 0.2) is 5.82 Å². The molecule has 98 valence electrons. The number of halogens is 1. The van der Waals surface area contributed by atoms with Crippen molar-refractivity contribution in [3.63, 3.8) is 0 Å². The number of hydrogen-bond donors (Lipinski definition) is 3. The Balaban J connectivity index is 2.03. The second kappa shape index (κ2) is 6.12. The van der Waals surface area contributed by atoms with Crippen LogP contribution in [0.25, 0.3) is 0 Å². The van der Waals surface area contributed by atoms with Crippen molar-refractivity contribution in [1.82, 2.24) is 15.3 Å². The predicted molar refractivity (Wildman–Crippen MR) is 72.5 cm³/mol. The normalized spacial score (nSPS) is 10.0. The van der Waals surface area contributed by atoms with E-state index in [1.54, 1.807) is 6.07 Å². The molecule has 2 aromatic rings. The van der Waals surface area contributed by atoms with Gasteiger partial charge in [-0.3, -0.25) is 9.78 Å². The van der Waals surface area contributed by atoms with Gasteiger partial charge in [0.1, 0.15) is 5.69 Å². The lowest BCUT2D eigenvalue weighted by Gasteiger charge is -2.07. The van der Waals surface area contributed by atoms with Crippen molar-refractivity contribution < 1.29 is 4.79 Å². The molecule has 1 amide bonds. The number of nitrogen functional groups attached to an aromatic ring is 1. The van der Waals surface area contributed by atoms with Gasteiger partial charge in [-0.1, -0.05) is 29.8 Å². The van der Waals surface area contributed by atoms with Crippen molar-refractivity contribution in [1.29, 1.82) is 0 Å². The number of nitrogens with one attached hydrogen (secondary N) is 2. The summed E-state index contributed by atoms with van der Waals surface area (Å²) in [5.74, 6) is 5.18. The second-order valence-electron chi connectivity index (χ2n) is 3.71. The third-order valence-corrected chi connectivity index (χ3v) is 2.78. The molecular formula is C12H12ClN5O. The molecule has 0 saturated carbocycles. The molecule has 0 radical (unpaired) electrons. The van der Waals surface area contributed by atoms with E-state index in [4.69, 9.17) is 17.4 Å². The SMILES string of the molecule is NNc1cncc(C(=O)NCc2ccccc2Cl)n1. The van der Waals surface area contributed by atoms with Crippen molar-refractivity contribution in [3.05, 3.63) is 52.9 Å². The Labute approximate surface area is 115 Å². The van der Waals surface area contributed by atoms with Crippen LogP contribution in [0.15, 0.2) is 36.7 Å². The van der Waals surface area contributed by atoms with Gasteiger partial charge < -0.3 is 10.7 Å². The number of carbonyl (C=O) groups excluding carboxylic acids is 1. The van der Waals surface area contributed by atoms with Crippen LogP contribution in [0.3, 0.4) is 0 Å². The first-order chi connectivity index (χ1) is 9.20. The van der Waals surface area contributed by atoms with E-state index >= 15 is 0 Å². The van der Waals surface area contributed by atoms with E-state index in [1.165, 1.54) is 12.4 Å². The van der Waals surface area contributed by atoms with E-state index in [9.17, 15) is 4.79 Å². The number of carbonyl (C=O) groups is 1. The Bertz CT molecular complexity index is 590. The summed E-state index contributed by atoms with van der Waals surface area (Å²) in [5.41, 5.74) is 3.35. The van der Waals surface area contributed by atoms with Crippen LogP contribution in [0.1, 0.15) is 16.1 Å². The molecule has 2 rings (SSSR count).